The highest BCUT2D eigenvalue weighted by Crippen LogP contribution is 2.22. The minimum Gasteiger partial charge on any atom is -0.358 e. The first-order chi connectivity index (χ1) is 9.19. The molecule has 0 unspecified atom stereocenters. The maximum absolute atomic E-state index is 10.7. The minimum absolute atomic E-state index is 0.328. The summed E-state index contributed by atoms with van der Waals surface area (Å²) in [4.78, 5) is 13.6. The Morgan fingerprint density at radius 2 is 2.11 bits per heavy atom. The number of H-pyrrole nitrogens is 1. The third-order valence-corrected chi connectivity index (χ3v) is 3.12. The lowest BCUT2D eigenvalue weighted by atomic mass is 10.1. The van der Waals surface area contributed by atoms with Gasteiger partial charge >= 0.3 is 0 Å². The Labute approximate surface area is 110 Å². The Morgan fingerprint density at radius 3 is 2.79 bits per heavy atom. The molecular weight excluding hydrogens is 240 g/mol. The summed E-state index contributed by atoms with van der Waals surface area (Å²) in [5.74, 6) is 1.28. The normalized spacial score (nSPS) is 11.3. The second-order valence-electron chi connectivity index (χ2n) is 4.82. The van der Waals surface area contributed by atoms with E-state index in [1.165, 1.54) is 0 Å². The minimum atomic E-state index is 0.328. The fraction of sp³-hybridized carbons (Fsp3) is 0.214. The molecule has 96 valence electrons. The van der Waals surface area contributed by atoms with E-state index in [0.29, 0.717) is 11.6 Å². The van der Waals surface area contributed by atoms with Gasteiger partial charge < -0.3 is 4.98 Å². The van der Waals surface area contributed by atoms with Gasteiger partial charge in [-0.1, -0.05) is 13.8 Å². The molecule has 0 aliphatic carbocycles. The number of rotatable bonds is 3. The molecule has 0 fully saturated rings. The van der Waals surface area contributed by atoms with Gasteiger partial charge in [0, 0.05) is 23.9 Å². The third-order valence-electron chi connectivity index (χ3n) is 3.12. The van der Waals surface area contributed by atoms with Crippen LogP contribution in [0, 0.1) is 0 Å². The molecule has 0 aliphatic heterocycles. The SMILES string of the molecule is CC(C)c1nnc2cc(-c3c[nH]c(C=O)c3)ccn12. The fourth-order valence-electron chi connectivity index (χ4n) is 2.13. The third kappa shape index (κ3) is 1.93. The van der Waals surface area contributed by atoms with Crippen LogP contribution in [-0.4, -0.2) is 25.9 Å². The van der Waals surface area contributed by atoms with E-state index in [0.717, 1.165) is 28.9 Å². The van der Waals surface area contributed by atoms with E-state index in [1.807, 2.05) is 35.0 Å². The van der Waals surface area contributed by atoms with Crippen molar-refractivity contribution in [2.45, 2.75) is 19.8 Å². The van der Waals surface area contributed by atoms with Crippen molar-refractivity contribution < 1.29 is 4.79 Å². The lowest BCUT2D eigenvalue weighted by molar-refractivity contribution is 0.111. The zero-order valence-electron chi connectivity index (χ0n) is 10.8. The first-order valence-electron chi connectivity index (χ1n) is 6.17. The predicted molar refractivity (Wildman–Crippen MR) is 72.3 cm³/mol. The number of nitrogens with one attached hydrogen (secondary N) is 1. The molecule has 0 radical (unpaired) electrons. The maximum Gasteiger partial charge on any atom is 0.166 e. The molecule has 3 aromatic rings. The molecule has 5 heteroatoms. The van der Waals surface area contributed by atoms with Crippen molar-refractivity contribution in [2.75, 3.05) is 0 Å². The number of carbonyl (C=O) groups excluding carboxylic acids is 1. The summed E-state index contributed by atoms with van der Waals surface area (Å²) in [5, 5.41) is 8.39. The molecule has 0 aliphatic rings. The number of hydrogen-bond donors (Lipinski definition) is 1. The quantitative estimate of drug-likeness (QED) is 0.731. The Morgan fingerprint density at radius 1 is 1.26 bits per heavy atom. The van der Waals surface area contributed by atoms with Gasteiger partial charge in [-0.3, -0.25) is 9.20 Å². The molecule has 5 nitrogen and oxygen atoms in total. The maximum atomic E-state index is 10.7. The van der Waals surface area contributed by atoms with Crippen molar-refractivity contribution in [1.82, 2.24) is 19.6 Å². The van der Waals surface area contributed by atoms with E-state index in [2.05, 4.69) is 29.0 Å². The van der Waals surface area contributed by atoms with Crippen molar-refractivity contribution in [3.8, 4) is 11.1 Å². The molecule has 3 heterocycles. The molecule has 0 spiro atoms. The summed E-state index contributed by atoms with van der Waals surface area (Å²) in [6, 6.07) is 5.79. The topological polar surface area (TPSA) is 63.0 Å². The molecule has 19 heavy (non-hydrogen) atoms. The van der Waals surface area contributed by atoms with E-state index in [-0.39, 0.29) is 0 Å². The lowest BCUT2D eigenvalue weighted by Gasteiger charge is -2.03. The first kappa shape index (κ1) is 11.6. The molecule has 0 aromatic carbocycles. The summed E-state index contributed by atoms with van der Waals surface area (Å²) < 4.78 is 1.99. The van der Waals surface area contributed by atoms with Crippen LogP contribution in [0.4, 0.5) is 0 Å². The van der Waals surface area contributed by atoms with Gasteiger partial charge in [-0.2, -0.15) is 0 Å². The molecule has 0 amide bonds. The van der Waals surface area contributed by atoms with Crippen LogP contribution in [-0.2, 0) is 0 Å². The Balaban J connectivity index is 2.09. The highest BCUT2D eigenvalue weighted by atomic mass is 16.1. The Hall–Kier alpha value is -2.43. The van der Waals surface area contributed by atoms with Crippen LogP contribution in [0.25, 0.3) is 16.8 Å². The van der Waals surface area contributed by atoms with Crippen LogP contribution in [0.15, 0.2) is 30.6 Å². The largest absolute Gasteiger partial charge is 0.358 e. The highest BCUT2D eigenvalue weighted by molar-refractivity contribution is 5.77. The zero-order valence-corrected chi connectivity index (χ0v) is 10.8. The van der Waals surface area contributed by atoms with Gasteiger partial charge in [0.25, 0.3) is 0 Å². The van der Waals surface area contributed by atoms with Gasteiger partial charge in [0.15, 0.2) is 11.9 Å². The molecule has 1 N–H and O–H groups in total. The second-order valence-corrected chi connectivity index (χ2v) is 4.82. The summed E-state index contributed by atoms with van der Waals surface area (Å²) in [6.07, 6.45) is 4.58. The van der Waals surface area contributed by atoms with Gasteiger partial charge in [-0.15, -0.1) is 10.2 Å². The van der Waals surface area contributed by atoms with Crippen molar-refractivity contribution >= 4 is 11.9 Å². The van der Waals surface area contributed by atoms with E-state index < -0.39 is 0 Å². The van der Waals surface area contributed by atoms with Crippen LogP contribution in [0.1, 0.15) is 36.1 Å². The first-order valence-corrected chi connectivity index (χ1v) is 6.17. The number of hydrogen-bond acceptors (Lipinski definition) is 3. The van der Waals surface area contributed by atoms with E-state index in [1.54, 1.807) is 0 Å². The molecule has 0 bridgehead atoms. The Bertz CT molecular complexity index is 739. The van der Waals surface area contributed by atoms with Gasteiger partial charge in [-0.25, -0.2) is 0 Å². The summed E-state index contributed by atoms with van der Waals surface area (Å²) >= 11 is 0. The molecule has 0 saturated heterocycles. The van der Waals surface area contributed by atoms with Crippen molar-refractivity contribution in [2.24, 2.45) is 0 Å². The average Bonchev–Trinajstić information content (AvgIpc) is 3.04. The number of nitrogens with zero attached hydrogens (tertiary/aromatic N) is 3. The van der Waals surface area contributed by atoms with Gasteiger partial charge in [0.2, 0.25) is 0 Å². The molecule has 3 aromatic heterocycles. The van der Waals surface area contributed by atoms with Crippen molar-refractivity contribution in [3.63, 3.8) is 0 Å². The zero-order chi connectivity index (χ0) is 13.4. The number of aromatic amines is 1. The van der Waals surface area contributed by atoms with E-state index >= 15 is 0 Å². The van der Waals surface area contributed by atoms with Crippen molar-refractivity contribution in [3.05, 3.63) is 42.1 Å². The predicted octanol–water partition coefficient (Wildman–Crippen LogP) is 2.66. The van der Waals surface area contributed by atoms with E-state index in [9.17, 15) is 4.79 Å². The average molecular weight is 254 g/mol. The standard InChI is InChI=1S/C14H14N4O/c1-9(2)14-17-16-13-6-10(3-4-18(13)14)11-5-12(8-19)15-7-11/h3-9,15H,1-2H3. The fourth-order valence-corrected chi connectivity index (χ4v) is 2.13. The smallest absolute Gasteiger partial charge is 0.166 e. The second kappa shape index (κ2) is 4.35. The molecule has 3 rings (SSSR count). The lowest BCUT2D eigenvalue weighted by Crippen LogP contribution is -1.96. The summed E-state index contributed by atoms with van der Waals surface area (Å²) in [7, 11) is 0. The molecule has 0 atom stereocenters. The summed E-state index contributed by atoms with van der Waals surface area (Å²) in [5.41, 5.74) is 3.37. The number of pyridine rings is 1. The number of aromatic nitrogens is 4. The van der Waals surface area contributed by atoms with E-state index in [4.69, 9.17) is 0 Å². The van der Waals surface area contributed by atoms with Crippen molar-refractivity contribution in [1.29, 1.82) is 0 Å². The van der Waals surface area contributed by atoms with Gasteiger partial charge in [0.05, 0.1) is 5.69 Å². The van der Waals surface area contributed by atoms with Crippen LogP contribution < -0.4 is 0 Å². The molecular formula is C14H14N4O. The van der Waals surface area contributed by atoms with Crippen LogP contribution in [0.2, 0.25) is 0 Å². The molecule has 0 saturated carbocycles. The Kier molecular flexibility index (Phi) is 2.67. The number of carbonyl (C=O) groups is 1. The van der Waals surface area contributed by atoms with Crippen LogP contribution >= 0.6 is 0 Å². The number of fused-ring (bicyclic) bond motifs is 1. The van der Waals surface area contributed by atoms with Gasteiger partial charge in [0.1, 0.15) is 5.82 Å². The monoisotopic (exact) mass is 254 g/mol. The van der Waals surface area contributed by atoms with Crippen LogP contribution in [0.5, 0.6) is 0 Å². The highest BCUT2D eigenvalue weighted by Gasteiger charge is 2.10. The van der Waals surface area contributed by atoms with Crippen LogP contribution in [0.3, 0.4) is 0 Å². The van der Waals surface area contributed by atoms with Gasteiger partial charge in [-0.05, 0) is 23.8 Å². The summed E-state index contributed by atoms with van der Waals surface area (Å²) in [6.45, 7) is 4.18. The number of aldehydes is 1.